The summed E-state index contributed by atoms with van der Waals surface area (Å²) in [5, 5.41) is 16.9. The molecule has 1 heterocycles. The third kappa shape index (κ3) is 13.6. The van der Waals surface area contributed by atoms with E-state index in [1.807, 2.05) is 27.7 Å². The van der Waals surface area contributed by atoms with Gasteiger partial charge in [0.2, 0.25) is 0 Å². The summed E-state index contributed by atoms with van der Waals surface area (Å²) < 4.78 is 12.9. The van der Waals surface area contributed by atoms with Gasteiger partial charge in [-0.3, -0.25) is 0 Å². The van der Waals surface area contributed by atoms with Crippen LogP contribution in [-0.4, -0.2) is 41.4 Å². The lowest BCUT2D eigenvalue weighted by molar-refractivity contribution is -0.132. The molecule has 1 atom stereocenters. The molecule has 1 saturated heterocycles. The minimum atomic E-state index is -0.227. The normalized spacial score (nSPS) is 14.6. The van der Waals surface area contributed by atoms with Gasteiger partial charge >= 0.3 is 0 Å². The molecule has 152 valence electrons. The molecule has 1 aliphatic heterocycles. The number of hydrogen-bond acceptors (Lipinski definition) is 5. The zero-order valence-corrected chi connectivity index (χ0v) is 15.9. The molecule has 25 heavy (non-hydrogen) atoms. The number of carbonyl (C=O) groups excluding carboxylic acids is 1. The van der Waals surface area contributed by atoms with Crippen LogP contribution in [0.3, 0.4) is 0 Å². The van der Waals surface area contributed by atoms with Gasteiger partial charge in [-0.25, -0.2) is 4.39 Å². The Kier molecular flexibility index (Phi) is 28.5. The number of benzene rings is 1. The Morgan fingerprint density at radius 1 is 1.32 bits per heavy atom. The molecule has 6 heteroatoms. The van der Waals surface area contributed by atoms with Gasteiger partial charge in [-0.1, -0.05) is 53.3 Å². The van der Waals surface area contributed by atoms with Gasteiger partial charge in [0, 0.05) is 27.2 Å². The quantitative estimate of drug-likeness (QED) is 0.686. The zero-order chi connectivity index (χ0) is 19.5. The maximum absolute atomic E-state index is 12.9. The first kappa shape index (κ1) is 31.4. The number of aryl methyl sites for hydroxylation is 1. The molecule has 0 amide bonds. The summed E-state index contributed by atoms with van der Waals surface area (Å²) >= 11 is 0. The van der Waals surface area contributed by atoms with Gasteiger partial charge in [-0.05, 0) is 25.3 Å². The number of nitrogens with zero attached hydrogens (tertiary/aromatic N) is 1. The molecular weight excluding hydrogens is 323 g/mol. The molecule has 1 aliphatic rings. The summed E-state index contributed by atoms with van der Waals surface area (Å²) in [4.78, 5) is 10.0. The summed E-state index contributed by atoms with van der Waals surface area (Å²) in [6, 6.07) is 5.01. The number of aliphatic hydroxyl groups excluding tert-OH is 1. The second-order valence-electron chi connectivity index (χ2n) is 4.26. The number of hydrogen-bond donors (Lipinski definition) is 3. The highest BCUT2D eigenvalue weighted by Gasteiger charge is 2.21. The van der Waals surface area contributed by atoms with Crippen molar-refractivity contribution in [2.24, 2.45) is 5.73 Å². The van der Waals surface area contributed by atoms with Crippen molar-refractivity contribution in [1.29, 1.82) is 0 Å². The first-order valence-corrected chi connectivity index (χ1v) is 8.39. The molecule has 0 bridgehead atoms. The van der Waals surface area contributed by atoms with E-state index in [2.05, 4.69) is 0 Å². The lowest BCUT2D eigenvalue weighted by Gasteiger charge is -2.08. The smallest absolute Gasteiger partial charge is 0.139 e. The van der Waals surface area contributed by atoms with Crippen molar-refractivity contribution in [3.8, 4) is 0 Å². The second kappa shape index (κ2) is 22.7. The maximum Gasteiger partial charge on any atom is 0.139 e. The van der Waals surface area contributed by atoms with E-state index in [0.29, 0.717) is 17.7 Å². The Morgan fingerprint density at radius 2 is 1.84 bits per heavy atom. The highest BCUT2D eigenvalue weighted by Crippen LogP contribution is 2.11. The minimum absolute atomic E-state index is 0. The number of rotatable bonds is 2. The summed E-state index contributed by atoms with van der Waals surface area (Å²) in [6.07, 6.45) is 2.52. The SMILES string of the molecule is C.CC.CC.CO.Cc1cccc(CN)c1F.O=C[C@@H]1CCCN1O.[HH]. The standard InChI is InChI=1S/C8H10FN.C5H9NO2.2C2H6.CH4O.CH4.H2/c1-6-3-2-4-7(5-10)8(6)9;7-4-5-2-1-3-6(5)8;3*1-2;;/h2-4H,5,10H2,1H3;4-5,8H,1-3H2;2*1-2H3;2H,1H3;1H4;1H/t;5-;;;;;/m.0...../s1. The molecule has 1 aromatic carbocycles. The van der Waals surface area contributed by atoms with E-state index in [0.717, 1.165) is 31.3 Å². The predicted octanol–water partition coefficient (Wildman–Crippen LogP) is 4.17. The number of nitrogens with two attached hydrogens (primary N) is 1. The Hall–Kier alpha value is -1.34. The third-order valence-electron chi connectivity index (χ3n) is 2.92. The van der Waals surface area contributed by atoms with Crippen LogP contribution in [0.15, 0.2) is 18.2 Å². The van der Waals surface area contributed by atoms with Crippen molar-refractivity contribution in [2.75, 3.05) is 13.7 Å². The van der Waals surface area contributed by atoms with Crippen LogP contribution >= 0.6 is 0 Å². The number of hydroxylamine groups is 2. The van der Waals surface area contributed by atoms with Crippen LogP contribution in [0.4, 0.5) is 4.39 Å². The Balaban J connectivity index is -0.0000000836. The van der Waals surface area contributed by atoms with Crippen molar-refractivity contribution in [3.05, 3.63) is 35.1 Å². The highest BCUT2D eigenvalue weighted by molar-refractivity contribution is 5.57. The summed E-state index contributed by atoms with van der Waals surface area (Å²) in [5.74, 6) is -0.176. The van der Waals surface area contributed by atoms with Crippen molar-refractivity contribution >= 4 is 6.29 Å². The van der Waals surface area contributed by atoms with Crippen LogP contribution in [-0.2, 0) is 11.3 Å². The van der Waals surface area contributed by atoms with E-state index in [1.165, 1.54) is 0 Å². The maximum atomic E-state index is 12.9. The Bertz CT molecular complexity index is 410. The van der Waals surface area contributed by atoms with Crippen LogP contribution in [0, 0.1) is 12.7 Å². The van der Waals surface area contributed by atoms with Crippen molar-refractivity contribution in [3.63, 3.8) is 0 Å². The van der Waals surface area contributed by atoms with Gasteiger partial charge in [-0.2, -0.15) is 5.06 Å². The van der Waals surface area contributed by atoms with Gasteiger partial charge in [-0.15, -0.1) is 0 Å². The fourth-order valence-electron chi connectivity index (χ4n) is 1.78. The van der Waals surface area contributed by atoms with Crippen LogP contribution in [0.5, 0.6) is 0 Å². The van der Waals surface area contributed by atoms with Crippen LogP contribution < -0.4 is 5.73 Å². The number of aldehydes is 1. The van der Waals surface area contributed by atoms with Gasteiger partial charge in [0.25, 0.3) is 0 Å². The molecule has 0 radical (unpaired) electrons. The van der Waals surface area contributed by atoms with E-state index < -0.39 is 0 Å². The number of carbonyl (C=O) groups is 1. The van der Waals surface area contributed by atoms with Gasteiger partial charge in [0.1, 0.15) is 12.1 Å². The molecule has 0 aliphatic carbocycles. The summed E-state index contributed by atoms with van der Waals surface area (Å²) in [7, 11) is 1.00. The second-order valence-corrected chi connectivity index (χ2v) is 4.26. The molecule has 1 aromatic rings. The molecule has 1 fully saturated rings. The molecule has 0 unspecified atom stereocenters. The van der Waals surface area contributed by atoms with Gasteiger partial charge < -0.3 is 20.8 Å². The van der Waals surface area contributed by atoms with Crippen LogP contribution in [0.2, 0.25) is 0 Å². The van der Waals surface area contributed by atoms with Crippen molar-refractivity contribution < 1.29 is 20.9 Å². The van der Waals surface area contributed by atoms with E-state index in [1.54, 1.807) is 25.1 Å². The van der Waals surface area contributed by atoms with Gasteiger partial charge in [0.15, 0.2) is 0 Å². The van der Waals surface area contributed by atoms with Crippen molar-refractivity contribution in [1.82, 2.24) is 5.06 Å². The summed E-state index contributed by atoms with van der Waals surface area (Å²) in [5.41, 5.74) is 6.52. The topological polar surface area (TPSA) is 86.8 Å². The fraction of sp³-hybridized carbons (Fsp3) is 0.632. The number of aliphatic hydroxyl groups is 1. The average molecular weight is 365 g/mol. The molecule has 0 aromatic heterocycles. The lowest BCUT2D eigenvalue weighted by Crippen LogP contribution is -2.26. The Morgan fingerprint density at radius 3 is 2.12 bits per heavy atom. The number of halogens is 1. The van der Waals surface area contributed by atoms with Crippen LogP contribution in [0.1, 0.15) is 60.5 Å². The van der Waals surface area contributed by atoms with E-state index >= 15 is 0 Å². The molecule has 5 nitrogen and oxygen atoms in total. The molecular formula is C19H41FN2O3. The zero-order valence-electron chi connectivity index (χ0n) is 15.9. The fourth-order valence-corrected chi connectivity index (χ4v) is 1.78. The predicted molar refractivity (Wildman–Crippen MR) is 106 cm³/mol. The average Bonchev–Trinajstić information content (AvgIpc) is 3.08. The first-order chi connectivity index (χ1) is 11.6. The van der Waals surface area contributed by atoms with E-state index in [4.69, 9.17) is 16.0 Å². The monoisotopic (exact) mass is 364 g/mol. The van der Waals surface area contributed by atoms with Crippen molar-refractivity contribution in [2.45, 2.75) is 67.5 Å². The Labute approximate surface area is 155 Å². The molecule has 0 saturated carbocycles. The highest BCUT2D eigenvalue weighted by atomic mass is 19.1. The van der Waals surface area contributed by atoms with E-state index in [-0.39, 0.29) is 27.3 Å². The minimum Gasteiger partial charge on any atom is -0.400 e. The third-order valence-corrected chi connectivity index (χ3v) is 2.92. The van der Waals surface area contributed by atoms with Crippen LogP contribution in [0.25, 0.3) is 0 Å². The van der Waals surface area contributed by atoms with E-state index in [9.17, 15) is 9.18 Å². The summed E-state index contributed by atoms with van der Waals surface area (Å²) in [6.45, 7) is 10.6. The molecule has 0 spiro atoms. The largest absolute Gasteiger partial charge is 0.400 e. The molecule has 4 N–H and O–H groups in total. The van der Waals surface area contributed by atoms with Gasteiger partial charge in [0.05, 0.1) is 6.04 Å². The first-order valence-electron chi connectivity index (χ1n) is 8.39. The lowest BCUT2D eigenvalue weighted by atomic mass is 10.1. The molecule has 2 rings (SSSR count).